The Kier molecular flexibility index (Phi) is 7.64. The van der Waals surface area contributed by atoms with Gasteiger partial charge in [-0.25, -0.2) is 4.98 Å². The lowest BCUT2D eigenvalue weighted by Crippen LogP contribution is -2.51. The lowest BCUT2D eigenvalue weighted by molar-refractivity contribution is -0.135. The second-order valence-electron chi connectivity index (χ2n) is 9.82. The fourth-order valence-electron chi connectivity index (χ4n) is 5.55. The van der Waals surface area contributed by atoms with E-state index in [0.29, 0.717) is 18.2 Å². The van der Waals surface area contributed by atoms with Crippen molar-refractivity contribution in [3.63, 3.8) is 0 Å². The molecule has 2 aliphatic heterocycles. The molecule has 2 aromatic carbocycles. The molecule has 2 saturated heterocycles. The van der Waals surface area contributed by atoms with E-state index in [1.165, 1.54) is 0 Å². The Morgan fingerprint density at radius 3 is 2.56 bits per heavy atom. The maximum atomic E-state index is 13.6. The normalized spacial score (nSPS) is 18.7. The summed E-state index contributed by atoms with van der Waals surface area (Å²) >= 11 is 0. The first-order chi connectivity index (χ1) is 17.7. The Morgan fingerprint density at radius 1 is 0.944 bits per heavy atom. The van der Waals surface area contributed by atoms with Crippen molar-refractivity contribution in [2.75, 3.05) is 26.2 Å². The average Bonchev–Trinajstić information content (AvgIpc) is 3.45. The molecule has 2 aliphatic rings. The number of hydrogen-bond donors (Lipinski definition) is 0. The molecule has 188 valence electrons. The molecule has 3 heterocycles. The van der Waals surface area contributed by atoms with Crippen LogP contribution in [0.5, 0.6) is 5.75 Å². The number of piperidine rings is 2. The van der Waals surface area contributed by atoms with Gasteiger partial charge in [0.15, 0.2) is 6.61 Å². The van der Waals surface area contributed by atoms with E-state index in [2.05, 4.69) is 16.0 Å². The van der Waals surface area contributed by atoms with Gasteiger partial charge in [-0.05, 0) is 67.9 Å². The highest BCUT2D eigenvalue weighted by molar-refractivity contribution is 5.94. The van der Waals surface area contributed by atoms with Crippen molar-refractivity contribution in [2.45, 2.75) is 44.7 Å². The first kappa shape index (κ1) is 24.1. The van der Waals surface area contributed by atoms with Crippen molar-refractivity contribution < 1.29 is 14.3 Å². The van der Waals surface area contributed by atoms with Crippen LogP contribution in [0.3, 0.4) is 0 Å². The highest BCUT2D eigenvalue weighted by Gasteiger charge is 2.36. The van der Waals surface area contributed by atoms with Crippen molar-refractivity contribution in [1.82, 2.24) is 19.4 Å². The van der Waals surface area contributed by atoms with Crippen LogP contribution in [0.4, 0.5) is 0 Å². The van der Waals surface area contributed by atoms with Crippen LogP contribution in [-0.2, 0) is 11.3 Å². The molecule has 36 heavy (non-hydrogen) atoms. The van der Waals surface area contributed by atoms with Gasteiger partial charge in [0.2, 0.25) is 0 Å². The lowest BCUT2D eigenvalue weighted by Gasteiger charge is -2.43. The molecular formula is C29H34N4O3. The summed E-state index contributed by atoms with van der Waals surface area (Å²) in [5.41, 5.74) is 1.85. The molecule has 0 saturated carbocycles. The van der Waals surface area contributed by atoms with Gasteiger partial charge < -0.3 is 19.1 Å². The Labute approximate surface area is 212 Å². The maximum Gasteiger partial charge on any atom is 0.260 e. The number of rotatable bonds is 7. The van der Waals surface area contributed by atoms with Crippen LogP contribution in [0.2, 0.25) is 0 Å². The summed E-state index contributed by atoms with van der Waals surface area (Å²) in [7, 11) is 0. The van der Waals surface area contributed by atoms with Crippen molar-refractivity contribution in [3.05, 3.63) is 84.4 Å². The molecule has 3 aromatic rings. The second kappa shape index (κ2) is 11.4. The smallest absolute Gasteiger partial charge is 0.260 e. The molecule has 7 heteroatoms. The minimum absolute atomic E-state index is 0.0311. The third-order valence-corrected chi connectivity index (χ3v) is 7.45. The Bertz CT molecular complexity index is 1140. The number of amides is 2. The molecule has 1 aromatic heterocycles. The van der Waals surface area contributed by atoms with E-state index in [1.807, 2.05) is 64.2 Å². The van der Waals surface area contributed by atoms with E-state index >= 15 is 0 Å². The first-order valence-corrected chi connectivity index (χ1v) is 13.0. The Hall–Kier alpha value is -3.61. The fourth-order valence-corrected chi connectivity index (χ4v) is 5.55. The van der Waals surface area contributed by atoms with Crippen LogP contribution >= 0.6 is 0 Å². The summed E-state index contributed by atoms with van der Waals surface area (Å²) in [6, 6.07) is 17.7. The molecule has 0 unspecified atom stereocenters. The number of ether oxygens (including phenoxy) is 1. The second-order valence-corrected chi connectivity index (χ2v) is 9.82. The van der Waals surface area contributed by atoms with Crippen molar-refractivity contribution in [1.29, 1.82) is 0 Å². The molecular weight excluding hydrogens is 452 g/mol. The van der Waals surface area contributed by atoms with Crippen molar-refractivity contribution in [3.8, 4) is 5.75 Å². The van der Waals surface area contributed by atoms with Crippen molar-refractivity contribution in [2.24, 2.45) is 5.92 Å². The molecule has 7 nitrogen and oxygen atoms in total. The predicted molar refractivity (Wildman–Crippen MR) is 138 cm³/mol. The number of aromatic nitrogens is 2. The molecule has 1 atom stereocenters. The van der Waals surface area contributed by atoms with E-state index in [-0.39, 0.29) is 24.5 Å². The van der Waals surface area contributed by atoms with Crippen molar-refractivity contribution >= 4 is 11.8 Å². The molecule has 0 bridgehead atoms. The Balaban J connectivity index is 1.18. The van der Waals surface area contributed by atoms with E-state index in [1.54, 1.807) is 12.5 Å². The maximum absolute atomic E-state index is 13.6. The van der Waals surface area contributed by atoms with Crippen LogP contribution in [0.1, 0.15) is 48.0 Å². The van der Waals surface area contributed by atoms with E-state index < -0.39 is 0 Å². The fraction of sp³-hybridized carbons (Fsp3) is 0.414. The van der Waals surface area contributed by atoms with Crippen LogP contribution in [-0.4, -0.2) is 63.4 Å². The van der Waals surface area contributed by atoms with Gasteiger partial charge in [0.1, 0.15) is 5.75 Å². The summed E-state index contributed by atoms with van der Waals surface area (Å²) in [6.07, 6.45) is 10.6. The van der Waals surface area contributed by atoms with Crippen LogP contribution < -0.4 is 4.74 Å². The van der Waals surface area contributed by atoms with E-state index in [0.717, 1.165) is 62.9 Å². The number of para-hydroxylation sites is 1. The molecule has 0 radical (unpaired) electrons. The van der Waals surface area contributed by atoms with E-state index in [9.17, 15) is 9.59 Å². The number of carbonyl (C=O) groups is 2. The molecule has 5 rings (SSSR count). The molecule has 2 amide bonds. The summed E-state index contributed by atoms with van der Waals surface area (Å²) in [5, 5.41) is 0. The quantitative estimate of drug-likeness (QED) is 0.501. The summed E-state index contributed by atoms with van der Waals surface area (Å²) in [6.45, 7) is 3.02. The topological polar surface area (TPSA) is 67.7 Å². The number of hydrogen-bond acceptors (Lipinski definition) is 4. The third-order valence-electron chi connectivity index (χ3n) is 7.45. The molecule has 2 fully saturated rings. The average molecular weight is 487 g/mol. The zero-order chi connectivity index (χ0) is 24.7. The molecule has 0 spiro atoms. The van der Waals surface area contributed by atoms with Gasteiger partial charge in [0.25, 0.3) is 11.8 Å². The monoisotopic (exact) mass is 486 g/mol. The number of carbonyl (C=O) groups excluding carboxylic acids is 2. The highest BCUT2D eigenvalue weighted by Crippen LogP contribution is 2.32. The van der Waals surface area contributed by atoms with Crippen LogP contribution in [0.25, 0.3) is 0 Å². The zero-order valence-electron chi connectivity index (χ0n) is 20.7. The standard InChI is InChI=1S/C29H34N4O3/c34-28(21-36-26-9-2-1-3-10-26)32-16-12-24(13-17-32)27-11-4-5-15-33(27)29(35)25-8-6-7-23(19-25)20-31-18-14-30-22-31/h1-3,6-10,14,18-19,22,24,27H,4-5,11-13,15-17,20-21H2/t27-/m0/s1. The third kappa shape index (κ3) is 5.78. The van der Waals surface area contributed by atoms with Gasteiger partial charge in [-0.15, -0.1) is 0 Å². The van der Waals surface area contributed by atoms with Gasteiger partial charge >= 0.3 is 0 Å². The molecule has 0 N–H and O–H groups in total. The predicted octanol–water partition coefficient (Wildman–Crippen LogP) is 4.24. The van der Waals surface area contributed by atoms with Gasteiger partial charge in [-0.2, -0.15) is 0 Å². The Morgan fingerprint density at radius 2 is 1.78 bits per heavy atom. The van der Waals surface area contributed by atoms with Gasteiger partial charge in [-0.1, -0.05) is 30.3 Å². The largest absolute Gasteiger partial charge is 0.484 e. The van der Waals surface area contributed by atoms with E-state index in [4.69, 9.17) is 4.74 Å². The van der Waals surface area contributed by atoms with Crippen LogP contribution in [0.15, 0.2) is 73.3 Å². The number of likely N-dealkylation sites (tertiary alicyclic amines) is 2. The first-order valence-electron chi connectivity index (χ1n) is 13.0. The summed E-state index contributed by atoms with van der Waals surface area (Å²) < 4.78 is 7.66. The summed E-state index contributed by atoms with van der Waals surface area (Å²) in [5.74, 6) is 1.29. The lowest BCUT2D eigenvalue weighted by atomic mass is 9.83. The number of imidazole rings is 1. The minimum atomic E-state index is 0.0311. The number of nitrogens with zero attached hydrogens (tertiary/aromatic N) is 4. The van der Waals surface area contributed by atoms with Gasteiger partial charge in [0, 0.05) is 50.2 Å². The van der Waals surface area contributed by atoms with Gasteiger partial charge in [-0.3, -0.25) is 9.59 Å². The highest BCUT2D eigenvalue weighted by atomic mass is 16.5. The minimum Gasteiger partial charge on any atom is -0.484 e. The molecule has 0 aliphatic carbocycles. The summed E-state index contributed by atoms with van der Waals surface area (Å²) in [4.78, 5) is 34.4. The van der Waals surface area contributed by atoms with Crippen LogP contribution in [0, 0.1) is 5.92 Å². The number of benzene rings is 2. The SMILES string of the molecule is O=C(COc1ccccc1)N1CCC([C@@H]2CCCCN2C(=O)c2cccc(Cn3ccnc3)c2)CC1. The zero-order valence-corrected chi connectivity index (χ0v) is 20.7. The van der Waals surface area contributed by atoms with Gasteiger partial charge in [0.05, 0.1) is 6.33 Å².